The topological polar surface area (TPSA) is 114 Å². The van der Waals surface area contributed by atoms with Gasteiger partial charge in [0.1, 0.15) is 30.8 Å². The first-order valence-electron chi connectivity index (χ1n) is 14.9. The predicted molar refractivity (Wildman–Crippen MR) is 165 cm³/mol. The van der Waals surface area contributed by atoms with Gasteiger partial charge in [-0.2, -0.15) is 0 Å². The minimum atomic E-state index is -0.662. The summed E-state index contributed by atoms with van der Waals surface area (Å²) < 4.78 is 26.8. The standard InChI is InChI=1S/C35H40O9/c1-3-33(37)42-22-8-7-21-40-29-16-11-27(12-17-29)13-20-32(36)28-14-18-30(19-15-28)41-23-24-43-35(39)26(2)25-34(38)44-31-9-5-4-6-10-31/h3,11-20,31H,1-2,4-10,21-25H2/b20-13+. The zero-order valence-electron chi connectivity index (χ0n) is 25.0. The monoisotopic (exact) mass is 604 g/mol. The Balaban J connectivity index is 1.31. The van der Waals surface area contributed by atoms with Gasteiger partial charge in [-0.3, -0.25) is 9.59 Å². The number of carbonyl (C=O) groups excluding carboxylic acids is 4. The molecule has 1 fully saturated rings. The summed E-state index contributed by atoms with van der Waals surface area (Å²) in [6.07, 6.45) is 10.5. The van der Waals surface area contributed by atoms with E-state index in [0.29, 0.717) is 36.7 Å². The van der Waals surface area contributed by atoms with Gasteiger partial charge in [-0.15, -0.1) is 0 Å². The van der Waals surface area contributed by atoms with Crippen molar-refractivity contribution in [1.29, 1.82) is 0 Å². The Morgan fingerprint density at radius 1 is 0.773 bits per heavy atom. The number of hydrogen-bond donors (Lipinski definition) is 0. The summed E-state index contributed by atoms with van der Waals surface area (Å²) in [4.78, 5) is 47.8. The van der Waals surface area contributed by atoms with Crippen LogP contribution < -0.4 is 9.47 Å². The number of allylic oxidation sites excluding steroid dienone is 1. The first-order valence-corrected chi connectivity index (χ1v) is 14.9. The molecular weight excluding hydrogens is 564 g/mol. The zero-order chi connectivity index (χ0) is 31.6. The van der Waals surface area contributed by atoms with Crippen LogP contribution in [0.2, 0.25) is 0 Å². The second-order valence-corrected chi connectivity index (χ2v) is 10.2. The normalized spacial score (nSPS) is 13.1. The lowest BCUT2D eigenvalue weighted by atomic mass is 9.98. The van der Waals surface area contributed by atoms with Gasteiger partial charge in [-0.05, 0) is 86.6 Å². The van der Waals surface area contributed by atoms with Crippen LogP contribution >= 0.6 is 0 Å². The molecule has 0 bridgehead atoms. The molecule has 1 aliphatic carbocycles. The molecule has 9 nitrogen and oxygen atoms in total. The van der Waals surface area contributed by atoms with Crippen LogP contribution in [0.25, 0.3) is 6.08 Å². The van der Waals surface area contributed by atoms with E-state index in [2.05, 4.69) is 13.2 Å². The highest BCUT2D eigenvalue weighted by Gasteiger charge is 2.20. The van der Waals surface area contributed by atoms with Crippen molar-refractivity contribution in [2.45, 2.75) is 57.5 Å². The summed E-state index contributed by atoms with van der Waals surface area (Å²) in [7, 11) is 0. The van der Waals surface area contributed by atoms with Crippen LogP contribution in [-0.2, 0) is 28.6 Å². The summed E-state index contributed by atoms with van der Waals surface area (Å²) in [6, 6.07) is 14.0. The second kappa shape index (κ2) is 18.8. The number of unbranched alkanes of at least 4 members (excludes halogenated alkanes) is 1. The molecular formula is C35H40O9. The molecule has 0 heterocycles. The number of ether oxygens (including phenoxy) is 5. The minimum absolute atomic E-state index is 0.0179. The van der Waals surface area contributed by atoms with Crippen molar-refractivity contribution in [2.24, 2.45) is 0 Å². The molecule has 1 aliphatic rings. The lowest BCUT2D eigenvalue weighted by Crippen LogP contribution is -2.22. The van der Waals surface area contributed by atoms with Crippen LogP contribution in [0.4, 0.5) is 0 Å². The van der Waals surface area contributed by atoms with E-state index in [0.717, 1.165) is 50.2 Å². The molecule has 0 aromatic heterocycles. The molecule has 234 valence electrons. The maximum atomic E-state index is 12.6. The van der Waals surface area contributed by atoms with Crippen LogP contribution in [0.15, 0.2) is 79.4 Å². The summed E-state index contributed by atoms with van der Waals surface area (Å²) in [6.45, 7) is 7.90. The number of hydrogen-bond acceptors (Lipinski definition) is 9. The van der Waals surface area contributed by atoms with E-state index in [1.807, 2.05) is 24.3 Å². The van der Waals surface area contributed by atoms with Gasteiger partial charge in [0.05, 0.1) is 19.6 Å². The van der Waals surface area contributed by atoms with Gasteiger partial charge in [0.15, 0.2) is 5.78 Å². The van der Waals surface area contributed by atoms with Crippen LogP contribution in [0.3, 0.4) is 0 Å². The van der Waals surface area contributed by atoms with Crippen molar-refractivity contribution in [3.8, 4) is 11.5 Å². The number of carbonyl (C=O) groups is 4. The molecule has 0 unspecified atom stereocenters. The van der Waals surface area contributed by atoms with E-state index in [1.54, 1.807) is 30.3 Å². The average molecular weight is 605 g/mol. The molecule has 2 aromatic carbocycles. The van der Waals surface area contributed by atoms with Gasteiger partial charge in [0.25, 0.3) is 0 Å². The molecule has 44 heavy (non-hydrogen) atoms. The highest BCUT2D eigenvalue weighted by atomic mass is 16.6. The fourth-order valence-electron chi connectivity index (χ4n) is 4.34. The third kappa shape index (κ3) is 12.7. The van der Waals surface area contributed by atoms with Gasteiger partial charge < -0.3 is 23.7 Å². The minimum Gasteiger partial charge on any atom is -0.494 e. The van der Waals surface area contributed by atoms with Gasteiger partial charge >= 0.3 is 17.9 Å². The van der Waals surface area contributed by atoms with E-state index >= 15 is 0 Å². The molecule has 0 radical (unpaired) electrons. The van der Waals surface area contributed by atoms with Crippen LogP contribution in [0, 0.1) is 0 Å². The Labute approximate surface area is 258 Å². The Morgan fingerprint density at radius 3 is 2.09 bits per heavy atom. The van der Waals surface area contributed by atoms with Gasteiger partial charge in [0.2, 0.25) is 0 Å². The van der Waals surface area contributed by atoms with Crippen LogP contribution in [0.5, 0.6) is 11.5 Å². The lowest BCUT2D eigenvalue weighted by molar-refractivity contribution is -0.151. The van der Waals surface area contributed by atoms with Crippen molar-refractivity contribution < 1.29 is 42.9 Å². The highest BCUT2D eigenvalue weighted by molar-refractivity contribution is 6.06. The van der Waals surface area contributed by atoms with Gasteiger partial charge in [0, 0.05) is 17.2 Å². The quantitative estimate of drug-likeness (QED) is 0.0643. The van der Waals surface area contributed by atoms with Crippen LogP contribution in [-0.4, -0.2) is 56.2 Å². The summed E-state index contributed by atoms with van der Waals surface area (Å²) in [5.41, 5.74) is 1.39. The Morgan fingerprint density at radius 2 is 1.41 bits per heavy atom. The molecule has 3 rings (SSSR count). The van der Waals surface area contributed by atoms with Crippen LogP contribution in [0.1, 0.15) is 67.3 Å². The van der Waals surface area contributed by atoms with E-state index < -0.39 is 17.9 Å². The van der Waals surface area contributed by atoms with Gasteiger partial charge in [-0.1, -0.05) is 37.8 Å². The zero-order valence-corrected chi connectivity index (χ0v) is 25.0. The maximum Gasteiger partial charge on any atom is 0.334 e. The third-order valence-electron chi connectivity index (χ3n) is 6.75. The Hall–Kier alpha value is -4.66. The SMILES string of the molecule is C=CC(=O)OCCCCOc1ccc(/C=C/C(=O)c2ccc(OCCOC(=O)C(=C)CC(=O)OC3CCCCC3)cc2)cc1. The molecule has 0 amide bonds. The van der Waals surface area contributed by atoms with Crippen molar-refractivity contribution in [3.05, 3.63) is 90.5 Å². The lowest BCUT2D eigenvalue weighted by Gasteiger charge is -2.21. The molecule has 2 aromatic rings. The maximum absolute atomic E-state index is 12.6. The molecule has 0 spiro atoms. The first-order chi connectivity index (χ1) is 21.3. The van der Waals surface area contributed by atoms with Crippen molar-refractivity contribution >= 4 is 29.8 Å². The molecule has 0 N–H and O–H groups in total. The summed E-state index contributed by atoms with van der Waals surface area (Å²) in [5, 5.41) is 0. The van der Waals surface area contributed by atoms with E-state index in [4.69, 9.17) is 23.7 Å². The average Bonchev–Trinajstić information content (AvgIpc) is 3.04. The number of rotatable bonds is 18. The molecule has 9 heteroatoms. The number of ketones is 1. The third-order valence-corrected chi connectivity index (χ3v) is 6.75. The predicted octanol–water partition coefficient (Wildman–Crippen LogP) is 6.22. The van der Waals surface area contributed by atoms with Crippen molar-refractivity contribution in [3.63, 3.8) is 0 Å². The highest BCUT2D eigenvalue weighted by Crippen LogP contribution is 2.21. The molecule has 0 atom stereocenters. The molecule has 0 saturated heterocycles. The van der Waals surface area contributed by atoms with E-state index in [1.165, 1.54) is 6.08 Å². The smallest absolute Gasteiger partial charge is 0.334 e. The number of esters is 3. The number of benzene rings is 2. The van der Waals surface area contributed by atoms with E-state index in [-0.39, 0.29) is 37.1 Å². The largest absolute Gasteiger partial charge is 0.494 e. The second-order valence-electron chi connectivity index (χ2n) is 10.2. The molecule has 1 saturated carbocycles. The van der Waals surface area contributed by atoms with Crippen molar-refractivity contribution in [1.82, 2.24) is 0 Å². The van der Waals surface area contributed by atoms with E-state index in [9.17, 15) is 19.2 Å². The summed E-state index contributed by atoms with van der Waals surface area (Å²) in [5.74, 6) is -0.488. The van der Waals surface area contributed by atoms with Crippen molar-refractivity contribution in [2.75, 3.05) is 26.4 Å². The summed E-state index contributed by atoms with van der Waals surface area (Å²) >= 11 is 0. The molecule has 0 aliphatic heterocycles. The first kappa shape index (κ1) is 33.8. The van der Waals surface area contributed by atoms with Gasteiger partial charge in [-0.25, -0.2) is 9.59 Å². The Bertz CT molecular complexity index is 1290. The fourth-order valence-corrected chi connectivity index (χ4v) is 4.34. The fraction of sp³-hybridized carbons (Fsp3) is 0.371. The Kier molecular flexibility index (Phi) is 14.4.